The highest BCUT2D eigenvalue weighted by Crippen LogP contribution is 2.65. The van der Waals surface area contributed by atoms with Crippen molar-refractivity contribution in [1.29, 1.82) is 0 Å². The van der Waals surface area contributed by atoms with E-state index in [9.17, 15) is 45.8 Å². The van der Waals surface area contributed by atoms with Gasteiger partial charge in [0.05, 0.1) is 45.7 Å². The Hall–Kier alpha value is -5.92. The number of hydrogen-bond donors (Lipinski definition) is 2. The number of anilines is 2. The summed E-state index contributed by atoms with van der Waals surface area (Å²) in [5, 5.41) is 12.6. The summed E-state index contributed by atoms with van der Waals surface area (Å²) in [5.41, 5.74) is -0.0128. The fourth-order valence-corrected chi connectivity index (χ4v) is 9.33. The molecule has 8 nitrogen and oxygen atoms in total. The zero-order valence-corrected chi connectivity index (χ0v) is 29.8. The highest BCUT2D eigenvalue weighted by Gasteiger charge is 2.70. The van der Waals surface area contributed by atoms with Crippen molar-refractivity contribution in [3.8, 4) is 5.75 Å². The van der Waals surface area contributed by atoms with Gasteiger partial charge in [-0.2, -0.15) is 31.4 Å². The number of hydrazine groups is 1. The van der Waals surface area contributed by atoms with Crippen molar-refractivity contribution < 1.29 is 50.6 Å². The van der Waals surface area contributed by atoms with E-state index < -0.39 is 87.8 Å². The number of nitrogens with zero attached hydrogens (tertiary/aromatic N) is 2. The maximum atomic E-state index is 15.2. The Morgan fingerprint density at radius 3 is 2.02 bits per heavy atom. The van der Waals surface area contributed by atoms with E-state index in [1.807, 2.05) is 6.92 Å². The van der Waals surface area contributed by atoms with Crippen LogP contribution in [0.4, 0.5) is 37.7 Å². The smallest absolute Gasteiger partial charge is 0.416 e. The number of nitrogens with one attached hydrogen (secondary N) is 1. The van der Waals surface area contributed by atoms with E-state index in [-0.39, 0.29) is 30.2 Å². The zero-order chi connectivity index (χ0) is 40.1. The number of carbonyl (C=O) groups excluding carboxylic acids is 4. The largest absolute Gasteiger partial charge is 0.507 e. The number of amides is 4. The lowest BCUT2D eigenvalue weighted by molar-refractivity contribution is -0.143. The molecule has 288 valence electrons. The number of benzene rings is 4. The van der Waals surface area contributed by atoms with E-state index in [0.717, 1.165) is 10.6 Å². The SMILES string of the molecule is Cc1ccc(NN2C(=O)[C@@H]3C[C@@H]4C(=CC[C@@H]5C(=O)N(c6cc(C(F)(F)F)cc(C(F)(F)F)c6)C(=O)[C@@H]54)[C@H](c4cccc(C)c4O)[C@]3(c3ccccc3)C2=O)cc1. The molecule has 4 aromatic carbocycles. The van der Waals surface area contributed by atoms with E-state index in [1.54, 1.807) is 85.8 Å². The number of carbonyl (C=O) groups is 4. The molecule has 14 heteroatoms. The Labute approximate surface area is 316 Å². The maximum Gasteiger partial charge on any atom is 0.416 e. The Bertz CT molecular complexity index is 2310. The average molecular weight is 774 g/mol. The van der Waals surface area contributed by atoms with Gasteiger partial charge in [0.15, 0.2) is 0 Å². The summed E-state index contributed by atoms with van der Waals surface area (Å²) in [5.74, 6) is -9.23. The molecule has 0 bridgehead atoms. The molecule has 0 unspecified atom stereocenters. The predicted octanol–water partition coefficient (Wildman–Crippen LogP) is 8.24. The minimum Gasteiger partial charge on any atom is -0.507 e. The molecule has 1 saturated carbocycles. The monoisotopic (exact) mass is 773 g/mol. The van der Waals surface area contributed by atoms with Gasteiger partial charge in [-0.25, -0.2) is 4.90 Å². The standard InChI is InChI=1S/C42H33F6N3O5/c1-21-11-13-26(14-12-21)49-51-37(54)32-20-31-28(34(30-10-6-7-22(2)35(30)52)40(32,39(51)56)23-8-4-3-5-9-23)15-16-29-33(31)38(55)50(36(29)53)27-18-24(41(43,44)45)17-25(19-27)42(46,47)48/h3-15,17-19,29,31-34,49,52H,16,20H2,1-2H3/t29-,31+,32-,33-,34+,40+/m0/s1. The topological polar surface area (TPSA) is 107 Å². The van der Waals surface area contributed by atoms with Crippen LogP contribution >= 0.6 is 0 Å². The molecule has 4 aliphatic rings. The first-order valence-corrected chi connectivity index (χ1v) is 17.9. The van der Waals surface area contributed by atoms with Crippen LogP contribution in [0.5, 0.6) is 5.75 Å². The number of hydrogen-bond acceptors (Lipinski definition) is 6. The number of imide groups is 2. The van der Waals surface area contributed by atoms with Gasteiger partial charge >= 0.3 is 12.4 Å². The Morgan fingerprint density at radius 1 is 0.750 bits per heavy atom. The number of fused-ring (bicyclic) bond motifs is 4. The van der Waals surface area contributed by atoms with Gasteiger partial charge in [-0.3, -0.25) is 24.6 Å². The van der Waals surface area contributed by atoms with Gasteiger partial charge in [-0.1, -0.05) is 77.9 Å². The summed E-state index contributed by atoms with van der Waals surface area (Å²) in [6.45, 7) is 3.53. The summed E-state index contributed by atoms with van der Waals surface area (Å²) in [6, 6.07) is 21.1. The number of phenols is 1. The second-order valence-corrected chi connectivity index (χ2v) is 14.9. The molecule has 8 rings (SSSR count). The van der Waals surface area contributed by atoms with Crippen molar-refractivity contribution in [2.75, 3.05) is 10.3 Å². The Morgan fingerprint density at radius 2 is 1.39 bits per heavy atom. The first-order chi connectivity index (χ1) is 26.4. The van der Waals surface area contributed by atoms with Crippen LogP contribution in [0.3, 0.4) is 0 Å². The number of para-hydroxylation sites is 1. The zero-order valence-electron chi connectivity index (χ0n) is 29.8. The van der Waals surface area contributed by atoms with Gasteiger partial charge in [-0.05, 0) is 74.1 Å². The van der Waals surface area contributed by atoms with E-state index in [4.69, 9.17) is 0 Å². The number of rotatable bonds is 5. The molecule has 56 heavy (non-hydrogen) atoms. The third-order valence-electron chi connectivity index (χ3n) is 11.8. The van der Waals surface area contributed by atoms with Crippen molar-refractivity contribution in [1.82, 2.24) is 5.01 Å². The summed E-state index contributed by atoms with van der Waals surface area (Å²) in [4.78, 5) is 58.9. The molecule has 4 amide bonds. The van der Waals surface area contributed by atoms with Crippen LogP contribution in [0, 0.1) is 37.5 Å². The van der Waals surface area contributed by atoms with Crippen molar-refractivity contribution in [3.05, 3.63) is 136 Å². The van der Waals surface area contributed by atoms with Gasteiger partial charge in [0.1, 0.15) is 5.75 Å². The van der Waals surface area contributed by atoms with E-state index >= 15 is 4.79 Å². The molecule has 4 aromatic rings. The number of allylic oxidation sites excluding steroid dienone is 2. The van der Waals surface area contributed by atoms with Gasteiger partial charge in [0, 0.05) is 11.5 Å². The first-order valence-electron chi connectivity index (χ1n) is 17.9. The lowest BCUT2D eigenvalue weighted by atomic mass is 9.49. The van der Waals surface area contributed by atoms with Crippen LogP contribution < -0.4 is 10.3 Å². The number of phenolic OH excluding ortho intramolecular Hbond substituents is 1. The van der Waals surface area contributed by atoms with E-state index in [1.165, 1.54) is 0 Å². The van der Waals surface area contributed by atoms with Crippen LogP contribution in [-0.2, 0) is 36.9 Å². The highest BCUT2D eigenvalue weighted by atomic mass is 19.4. The third kappa shape index (κ3) is 5.51. The molecule has 0 radical (unpaired) electrons. The van der Waals surface area contributed by atoms with Gasteiger partial charge in [-0.15, -0.1) is 0 Å². The number of aryl methyl sites for hydroxylation is 2. The molecule has 2 aliphatic carbocycles. The molecule has 2 aliphatic heterocycles. The third-order valence-corrected chi connectivity index (χ3v) is 11.8. The van der Waals surface area contributed by atoms with Gasteiger partial charge in [0.25, 0.3) is 11.8 Å². The first kappa shape index (κ1) is 37.0. The molecule has 2 heterocycles. The van der Waals surface area contributed by atoms with Crippen molar-refractivity contribution >= 4 is 35.0 Å². The predicted molar refractivity (Wildman–Crippen MR) is 191 cm³/mol. The fourth-order valence-electron chi connectivity index (χ4n) is 9.33. The van der Waals surface area contributed by atoms with E-state index in [2.05, 4.69) is 5.43 Å². The summed E-state index contributed by atoms with van der Waals surface area (Å²) in [6.07, 6.45) is -9.11. The molecular formula is C42H33F6N3O5. The van der Waals surface area contributed by atoms with Gasteiger partial charge < -0.3 is 5.11 Å². The van der Waals surface area contributed by atoms with Crippen LogP contribution in [0.25, 0.3) is 0 Å². The van der Waals surface area contributed by atoms with E-state index in [0.29, 0.717) is 39.4 Å². The second kappa shape index (κ2) is 12.8. The Balaban J connectivity index is 1.31. The summed E-state index contributed by atoms with van der Waals surface area (Å²) in [7, 11) is 0. The highest BCUT2D eigenvalue weighted by molar-refractivity contribution is 6.22. The van der Waals surface area contributed by atoms with Crippen LogP contribution in [-0.4, -0.2) is 33.7 Å². The van der Waals surface area contributed by atoms with Gasteiger partial charge in [0.2, 0.25) is 11.8 Å². The fraction of sp³-hybridized carbons (Fsp3) is 0.286. The lowest BCUT2D eigenvalue weighted by Crippen LogP contribution is -2.53. The molecule has 0 spiro atoms. The second-order valence-electron chi connectivity index (χ2n) is 14.9. The molecule has 0 aromatic heterocycles. The number of alkyl halides is 6. The van der Waals surface area contributed by atoms with Crippen molar-refractivity contribution in [2.24, 2.45) is 23.7 Å². The van der Waals surface area contributed by atoms with Crippen molar-refractivity contribution in [3.63, 3.8) is 0 Å². The minimum atomic E-state index is -5.23. The lowest BCUT2D eigenvalue weighted by Gasteiger charge is -2.50. The molecular weight excluding hydrogens is 740 g/mol. The summed E-state index contributed by atoms with van der Waals surface area (Å²) >= 11 is 0. The quantitative estimate of drug-likeness (QED) is 0.120. The Kier molecular flexibility index (Phi) is 8.48. The minimum absolute atomic E-state index is 0.0798. The maximum absolute atomic E-state index is 15.2. The molecule has 2 N–H and O–H groups in total. The number of aromatic hydroxyl groups is 1. The molecule has 6 atom stereocenters. The van der Waals surface area contributed by atoms with Crippen LogP contribution in [0.2, 0.25) is 0 Å². The average Bonchev–Trinajstić information content (AvgIpc) is 3.54. The summed E-state index contributed by atoms with van der Waals surface area (Å²) < 4.78 is 83.4. The van der Waals surface area contributed by atoms with Crippen LogP contribution in [0.1, 0.15) is 52.1 Å². The van der Waals surface area contributed by atoms with Crippen molar-refractivity contribution in [2.45, 2.75) is 50.4 Å². The molecule has 3 fully saturated rings. The normalized spacial score (nSPS) is 26.2. The molecule has 2 saturated heterocycles. The number of halogens is 6. The van der Waals surface area contributed by atoms with Crippen LogP contribution in [0.15, 0.2) is 103 Å².